The first-order chi connectivity index (χ1) is 15.1. The second kappa shape index (κ2) is 7.46. The van der Waals surface area contributed by atoms with Crippen LogP contribution in [0.1, 0.15) is 18.4 Å². The predicted molar refractivity (Wildman–Crippen MR) is 111 cm³/mol. The first kappa shape index (κ1) is 19.2. The monoisotopic (exact) mass is 422 g/mol. The number of amides is 2. The van der Waals surface area contributed by atoms with Crippen LogP contribution >= 0.6 is 0 Å². The van der Waals surface area contributed by atoms with Gasteiger partial charge in [0.15, 0.2) is 0 Å². The Labute approximate surface area is 178 Å². The molecule has 1 saturated heterocycles. The third-order valence-corrected chi connectivity index (χ3v) is 6.40. The number of carbonyl (C=O) groups excluding carboxylic acids is 1. The van der Waals surface area contributed by atoms with Gasteiger partial charge >= 0.3 is 18.1 Å². The van der Waals surface area contributed by atoms with Crippen LogP contribution in [0.5, 0.6) is 6.01 Å². The van der Waals surface area contributed by atoms with Crippen molar-refractivity contribution in [2.45, 2.75) is 18.9 Å². The number of anilines is 2. The zero-order valence-electron chi connectivity index (χ0n) is 17.2. The molecule has 4 heterocycles. The fourth-order valence-electron chi connectivity index (χ4n) is 4.90. The Balaban J connectivity index is 1.26. The van der Waals surface area contributed by atoms with E-state index in [1.807, 2.05) is 19.3 Å². The third kappa shape index (κ3) is 3.30. The first-order valence-corrected chi connectivity index (χ1v) is 10.1. The van der Waals surface area contributed by atoms with Gasteiger partial charge in [-0.25, -0.2) is 9.78 Å². The van der Waals surface area contributed by atoms with E-state index in [0.29, 0.717) is 36.5 Å². The van der Waals surface area contributed by atoms with Crippen molar-refractivity contribution in [3.8, 4) is 12.1 Å². The van der Waals surface area contributed by atoms with Gasteiger partial charge in [-0.3, -0.25) is 5.32 Å². The van der Waals surface area contributed by atoms with Crippen LogP contribution in [0, 0.1) is 23.2 Å². The van der Waals surface area contributed by atoms with Crippen LogP contribution in [-0.2, 0) is 0 Å². The van der Waals surface area contributed by atoms with Gasteiger partial charge in [-0.05, 0) is 35.9 Å². The molecule has 1 aliphatic carbocycles. The number of urea groups is 1. The second-order valence-corrected chi connectivity index (χ2v) is 8.05. The van der Waals surface area contributed by atoms with Crippen LogP contribution in [0.4, 0.5) is 16.5 Å². The highest BCUT2D eigenvalue weighted by atomic mass is 16.5. The minimum Gasteiger partial charge on any atom is -0.465 e. The number of hydrogen-bond donors (Lipinski definition) is 2. The van der Waals surface area contributed by atoms with Crippen molar-refractivity contribution < 1.29 is 14.1 Å². The topological polar surface area (TPSA) is 136 Å². The Morgan fingerprint density at radius 1 is 1.42 bits per heavy atom. The van der Waals surface area contributed by atoms with E-state index in [0.717, 1.165) is 29.6 Å². The summed E-state index contributed by atoms with van der Waals surface area (Å²) in [4.78, 5) is 27.9. The molecule has 11 heteroatoms. The summed E-state index contributed by atoms with van der Waals surface area (Å²) < 4.78 is 9.80. The van der Waals surface area contributed by atoms with Crippen molar-refractivity contribution in [3.05, 3.63) is 24.0 Å². The summed E-state index contributed by atoms with van der Waals surface area (Å²) in [5.74, 6) is 0.814. The van der Waals surface area contributed by atoms with Gasteiger partial charge in [0.25, 0.3) is 0 Å². The molecule has 3 atom stereocenters. The molecule has 1 aliphatic heterocycles. The van der Waals surface area contributed by atoms with Gasteiger partial charge in [0.1, 0.15) is 11.7 Å². The van der Waals surface area contributed by atoms with E-state index < -0.39 is 0 Å². The van der Waals surface area contributed by atoms with Gasteiger partial charge in [-0.2, -0.15) is 5.26 Å². The lowest BCUT2D eigenvalue weighted by Crippen LogP contribution is -2.36. The molecule has 31 heavy (non-hydrogen) atoms. The molecule has 11 nitrogen and oxygen atoms in total. The number of ether oxygens (including phenoxy) is 1. The summed E-state index contributed by atoms with van der Waals surface area (Å²) in [6.07, 6.45) is 5.38. The highest BCUT2D eigenvalue weighted by Gasteiger charge is 2.44. The number of rotatable bonds is 4. The number of fused-ring (bicyclic) bond motifs is 2. The summed E-state index contributed by atoms with van der Waals surface area (Å²) in [7, 11) is 3.47. The van der Waals surface area contributed by atoms with Gasteiger partial charge in [0.05, 0.1) is 18.4 Å². The van der Waals surface area contributed by atoms with Crippen LogP contribution in [0.2, 0.25) is 0 Å². The molecule has 3 aromatic rings. The second-order valence-electron chi connectivity index (χ2n) is 8.05. The number of aromatic nitrogens is 4. The summed E-state index contributed by atoms with van der Waals surface area (Å²) >= 11 is 0. The number of pyridine rings is 1. The number of hydrogen-bond acceptors (Lipinski definition) is 8. The zero-order chi connectivity index (χ0) is 21.5. The molecule has 2 amide bonds. The summed E-state index contributed by atoms with van der Waals surface area (Å²) in [5.41, 5.74) is 2.26. The van der Waals surface area contributed by atoms with Gasteiger partial charge in [0, 0.05) is 44.0 Å². The van der Waals surface area contributed by atoms with E-state index in [2.05, 4.69) is 36.4 Å². The van der Waals surface area contributed by atoms with E-state index in [1.54, 1.807) is 11.1 Å². The SMILES string of the molecule is COc1noc(NC(=O)N2C[C@H]3C[C@@H](N(C)c4c(C#N)cnc5[nH]ccc45)C[C@H]3C2)n1. The predicted octanol–water partition coefficient (Wildman–Crippen LogP) is 2.20. The molecule has 0 radical (unpaired) electrons. The van der Waals surface area contributed by atoms with Gasteiger partial charge in [-0.15, -0.1) is 4.98 Å². The molecule has 1 saturated carbocycles. The van der Waals surface area contributed by atoms with E-state index >= 15 is 0 Å². The molecular formula is C20H22N8O3. The maximum Gasteiger partial charge on any atom is 0.355 e. The molecule has 0 unspecified atom stereocenters. The average molecular weight is 422 g/mol. The van der Waals surface area contributed by atoms with Crippen molar-refractivity contribution in [3.63, 3.8) is 0 Å². The van der Waals surface area contributed by atoms with E-state index in [9.17, 15) is 10.1 Å². The Bertz CT molecular complexity index is 1150. The number of methoxy groups -OCH3 is 1. The van der Waals surface area contributed by atoms with Crippen molar-refractivity contribution in [1.29, 1.82) is 5.26 Å². The lowest BCUT2D eigenvalue weighted by Gasteiger charge is -2.29. The number of nitrogens with zero attached hydrogens (tertiary/aromatic N) is 6. The van der Waals surface area contributed by atoms with Crippen molar-refractivity contribution in [2.75, 3.05) is 37.5 Å². The largest absolute Gasteiger partial charge is 0.465 e. The third-order valence-electron chi connectivity index (χ3n) is 6.40. The molecule has 5 rings (SSSR count). The lowest BCUT2D eigenvalue weighted by atomic mass is 10.0. The summed E-state index contributed by atoms with van der Waals surface area (Å²) in [5, 5.41) is 16.8. The van der Waals surface area contributed by atoms with Gasteiger partial charge in [-0.1, -0.05) is 0 Å². The Kier molecular flexibility index (Phi) is 4.62. The molecular weight excluding hydrogens is 400 g/mol. The van der Waals surface area contributed by atoms with Crippen LogP contribution in [0.15, 0.2) is 23.0 Å². The minimum absolute atomic E-state index is 0.0220. The quantitative estimate of drug-likeness (QED) is 0.653. The normalized spacial score (nSPS) is 22.4. The standard InChI is InChI=1S/C20H22N8O3/c1-27(16-13(7-21)8-23-17-15(16)3-4-22-17)14-5-11-9-28(10-12(11)6-14)20(29)25-18-24-19(30-2)26-31-18/h3-4,8,11-12,14H,5-6,9-10H2,1-2H3,(H,22,23)(H,24,25,26,29)/t11-,12+,14-. The smallest absolute Gasteiger partial charge is 0.355 e. The summed E-state index contributed by atoms with van der Waals surface area (Å²) in [6, 6.07) is 4.38. The molecule has 0 spiro atoms. The number of aromatic amines is 1. The van der Waals surface area contributed by atoms with E-state index in [-0.39, 0.29) is 18.1 Å². The maximum absolute atomic E-state index is 12.6. The van der Waals surface area contributed by atoms with E-state index in [1.165, 1.54) is 7.11 Å². The molecule has 2 N–H and O–H groups in total. The number of carbonyl (C=O) groups is 1. The Morgan fingerprint density at radius 2 is 2.19 bits per heavy atom. The molecule has 2 aliphatic rings. The van der Waals surface area contributed by atoms with Crippen LogP contribution < -0.4 is 15.0 Å². The Morgan fingerprint density at radius 3 is 2.87 bits per heavy atom. The van der Waals surface area contributed by atoms with Crippen molar-refractivity contribution in [1.82, 2.24) is 25.0 Å². The fourth-order valence-corrected chi connectivity index (χ4v) is 4.90. The van der Waals surface area contributed by atoms with Crippen LogP contribution in [0.25, 0.3) is 11.0 Å². The van der Waals surface area contributed by atoms with Crippen molar-refractivity contribution in [2.24, 2.45) is 11.8 Å². The van der Waals surface area contributed by atoms with Gasteiger partial charge < -0.3 is 24.0 Å². The lowest BCUT2D eigenvalue weighted by molar-refractivity contribution is 0.217. The minimum atomic E-state index is -0.250. The number of H-pyrrole nitrogens is 1. The number of nitrogens with one attached hydrogen (secondary N) is 2. The van der Waals surface area contributed by atoms with Crippen molar-refractivity contribution >= 4 is 28.8 Å². The fraction of sp³-hybridized carbons (Fsp3) is 0.450. The highest BCUT2D eigenvalue weighted by molar-refractivity contribution is 5.93. The molecule has 0 bridgehead atoms. The van der Waals surface area contributed by atoms with Crippen LogP contribution in [-0.4, -0.2) is 64.3 Å². The Hall–Kier alpha value is -3.81. The van der Waals surface area contributed by atoms with Gasteiger partial charge in [0.2, 0.25) is 0 Å². The molecule has 160 valence electrons. The van der Waals surface area contributed by atoms with E-state index in [4.69, 9.17) is 9.26 Å². The summed E-state index contributed by atoms with van der Waals surface area (Å²) in [6.45, 7) is 1.35. The van der Waals surface area contributed by atoms with Crippen LogP contribution in [0.3, 0.4) is 0 Å². The number of nitriles is 1. The molecule has 2 fully saturated rings. The maximum atomic E-state index is 12.6. The zero-order valence-corrected chi connectivity index (χ0v) is 17.2. The highest BCUT2D eigenvalue weighted by Crippen LogP contribution is 2.42. The first-order valence-electron chi connectivity index (χ1n) is 10.1. The number of likely N-dealkylation sites (tertiary alicyclic amines) is 1. The molecule has 0 aromatic carbocycles. The molecule has 3 aromatic heterocycles. The average Bonchev–Trinajstić information content (AvgIpc) is 3.54.